The summed E-state index contributed by atoms with van der Waals surface area (Å²) in [6.07, 6.45) is 4.55. The van der Waals surface area contributed by atoms with Crippen molar-refractivity contribution in [3.8, 4) is 16.9 Å². The molecule has 1 fully saturated rings. The molecule has 1 aromatic heterocycles. The average Bonchev–Trinajstić information content (AvgIpc) is 3.32. The van der Waals surface area contributed by atoms with Crippen molar-refractivity contribution in [1.29, 1.82) is 0 Å². The van der Waals surface area contributed by atoms with Gasteiger partial charge in [-0.1, -0.05) is 24.3 Å². The quantitative estimate of drug-likeness (QED) is 0.710. The van der Waals surface area contributed by atoms with E-state index in [0.29, 0.717) is 6.54 Å². The Morgan fingerprint density at radius 3 is 2.89 bits per heavy atom. The summed E-state index contributed by atoms with van der Waals surface area (Å²) in [5.74, 6) is -0.254. The van der Waals surface area contributed by atoms with E-state index >= 15 is 0 Å². The smallest absolute Gasteiger partial charge is 0.123 e. The van der Waals surface area contributed by atoms with Crippen LogP contribution < -0.4 is 5.32 Å². The number of hydrogen-bond donors (Lipinski definition) is 1. The maximum Gasteiger partial charge on any atom is 0.123 e. The molecular weight excluding hydrogens is 341 g/mol. The SMILES string of the molecule is Cc1cccc(-n2cc(CNC[C@@H]3CCCO3)c(-c3cccc(F)c3)n2)c1. The number of ether oxygens (including phenoxy) is 1. The van der Waals surface area contributed by atoms with Gasteiger partial charge in [0.1, 0.15) is 5.82 Å². The molecule has 27 heavy (non-hydrogen) atoms. The topological polar surface area (TPSA) is 39.1 Å². The van der Waals surface area contributed by atoms with E-state index in [0.717, 1.165) is 48.5 Å². The zero-order valence-electron chi connectivity index (χ0n) is 15.5. The van der Waals surface area contributed by atoms with Crippen LogP contribution in [0.5, 0.6) is 0 Å². The molecule has 2 heterocycles. The van der Waals surface area contributed by atoms with E-state index < -0.39 is 0 Å². The number of aromatic nitrogens is 2. The van der Waals surface area contributed by atoms with E-state index in [1.165, 1.54) is 17.7 Å². The largest absolute Gasteiger partial charge is 0.377 e. The van der Waals surface area contributed by atoms with Crippen LogP contribution in [0.15, 0.2) is 54.7 Å². The zero-order chi connectivity index (χ0) is 18.6. The Balaban J connectivity index is 1.62. The van der Waals surface area contributed by atoms with Crippen LogP contribution in [0.1, 0.15) is 24.0 Å². The standard InChI is InChI=1S/C22H24FN3O/c1-16-5-2-8-20(11-16)26-15-18(13-24-14-21-9-4-10-27-21)22(25-26)17-6-3-7-19(23)12-17/h2-3,5-8,11-12,15,21,24H,4,9-10,13-14H2,1H3/t21-/m0/s1. The summed E-state index contributed by atoms with van der Waals surface area (Å²) in [7, 11) is 0. The van der Waals surface area contributed by atoms with Crippen molar-refractivity contribution in [2.45, 2.75) is 32.4 Å². The monoisotopic (exact) mass is 365 g/mol. The minimum absolute atomic E-state index is 0.254. The first-order chi connectivity index (χ1) is 13.2. The summed E-state index contributed by atoms with van der Waals surface area (Å²) in [6.45, 7) is 4.40. The number of hydrogen-bond acceptors (Lipinski definition) is 3. The summed E-state index contributed by atoms with van der Waals surface area (Å²) in [6, 6.07) is 14.8. The fraction of sp³-hybridized carbons (Fsp3) is 0.318. The predicted molar refractivity (Wildman–Crippen MR) is 104 cm³/mol. The van der Waals surface area contributed by atoms with Crippen LogP contribution in [0.4, 0.5) is 4.39 Å². The lowest BCUT2D eigenvalue weighted by Crippen LogP contribution is -2.25. The zero-order valence-corrected chi connectivity index (χ0v) is 15.5. The normalized spacial score (nSPS) is 16.7. The van der Waals surface area contributed by atoms with E-state index in [2.05, 4.69) is 24.4 Å². The lowest BCUT2D eigenvalue weighted by Gasteiger charge is -2.10. The second-order valence-electron chi connectivity index (χ2n) is 7.06. The number of aryl methyl sites for hydroxylation is 1. The Hall–Kier alpha value is -2.50. The van der Waals surface area contributed by atoms with Crippen molar-refractivity contribution in [2.75, 3.05) is 13.2 Å². The van der Waals surface area contributed by atoms with E-state index in [9.17, 15) is 4.39 Å². The van der Waals surface area contributed by atoms with Gasteiger partial charge in [0.2, 0.25) is 0 Å². The molecule has 0 radical (unpaired) electrons. The number of nitrogens with one attached hydrogen (secondary N) is 1. The summed E-state index contributed by atoms with van der Waals surface area (Å²) in [5, 5.41) is 8.23. The summed E-state index contributed by atoms with van der Waals surface area (Å²) >= 11 is 0. The molecule has 1 aliphatic rings. The van der Waals surface area contributed by atoms with Gasteiger partial charge in [-0.3, -0.25) is 0 Å². The third kappa shape index (κ3) is 4.26. The minimum Gasteiger partial charge on any atom is -0.377 e. The van der Waals surface area contributed by atoms with Gasteiger partial charge in [-0.25, -0.2) is 9.07 Å². The van der Waals surface area contributed by atoms with Crippen LogP contribution in [0.2, 0.25) is 0 Å². The van der Waals surface area contributed by atoms with Gasteiger partial charge in [-0.05, 0) is 49.6 Å². The highest BCUT2D eigenvalue weighted by atomic mass is 19.1. The number of nitrogens with zero attached hydrogens (tertiary/aromatic N) is 2. The van der Waals surface area contributed by atoms with Gasteiger partial charge < -0.3 is 10.1 Å². The van der Waals surface area contributed by atoms with Gasteiger partial charge in [-0.2, -0.15) is 5.10 Å². The molecule has 0 spiro atoms. The van der Waals surface area contributed by atoms with Crippen LogP contribution in [-0.2, 0) is 11.3 Å². The molecule has 0 unspecified atom stereocenters. The van der Waals surface area contributed by atoms with Gasteiger partial charge in [0.05, 0.1) is 17.5 Å². The van der Waals surface area contributed by atoms with Gasteiger partial charge >= 0.3 is 0 Å². The lowest BCUT2D eigenvalue weighted by molar-refractivity contribution is 0.110. The molecule has 1 saturated heterocycles. The third-order valence-electron chi connectivity index (χ3n) is 4.87. The second kappa shape index (κ2) is 8.03. The number of rotatable bonds is 6. The Morgan fingerprint density at radius 1 is 1.22 bits per heavy atom. The van der Waals surface area contributed by atoms with Crippen LogP contribution >= 0.6 is 0 Å². The molecule has 2 aromatic carbocycles. The maximum absolute atomic E-state index is 13.8. The number of benzene rings is 2. The Kier molecular flexibility index (Phi) is 5.32. The first-order valence-electron chi connectivity index (χ1n) is 9.43. The Labute approximate surface area is 159 Å². The highest BCUT2D eigenvalue weighted by Crippen LogP contribution is 2.25. The van der Waals surface area contributed by atoms with Gasteiger partial charge in [0.15, 0.2) is 0 Å². The molecular formula is C22H24FN3O. The summed E-state index contributed by atoms with van der Waals surface area (Å²) in [4.78, 5) is 0. The molecule has 0 aliphatic carbocycles. The molecule has 5 heteroatoms. The molecule has 1 aliphatic heterocycles. The molecule has 4 nitrogen and oxygen atoms in total. The third-order valence-corrected chi connectivity index (χ3v) is 4.87. The average molecular weight is 365 g/mol. The summed E-state index contributed by atoms with van der Waals surface area (Å²) < 4.78 is 21.3. The number of halogens is 1. The molecule has 3 aromatic rings. The Morgan fingerprint density at radius 2 is 2.11 bits per heavy atom. The van der Waals surface area contributed by atoms with Gasteiger partial charge in [0.25, 0.3) is 0 Å². The fourth-order valence-corrected chi connectivity index (χ4v) is 3.49. The maximum atomic E-state index is 13.8. The van der Waals surface area contributed by atoms with Crippen molar-refractivity contribution in [1.82, 2.24) is 15.1 Å². The molecule has 4 rings (SSSR count). The molecule has 1 atom stereocenters. The van der Waals surface area contributed by atoms with Gasteiger partial charge in [0, 0.05) is 37.0 Å². The first-order valence-corrected chi connectivity index (χ1v) is 9.43. The molecule has 1 N–H and O–H groups in total. The highest BCUT2D eigenvalue weighted by Gasteiger charge is 2.17. The van der Waals surface area contributed by atoms with E-state index in [-0.39, 0.29) is 11.9 Å². The van der Waals surface area contributed by atoms with Crippen LogP contribution in [-0.4, -0.2) is 29.0 Å². The van der Waals surface area contributed by atoms with E-state index in [1.54, 1.807) is 6.07 Å². The minimum atomic E-state index is -0.254. The summed E-state index contributed by atoms with van der Waals surface area (Å²) in [5.41, 5.74) is 4.80. The van der Waals surface area contributed by atoms with Crippen molar-refractivity contribution < 1.29 is 9.13 Å². The van der Waals surface area contributed by atoms with E-state index in [4.69, 9.17) is 9.84 Å². The van der Waals surface area contributed by atoms with Crippen LogP contribution in [0.25, 0.3) is 16.9 Å². The predicted octanol–water partition coefficient (Wildman–Crippen LogP) is 4.26. The van der Waals surface area contributed by atoms with Crippen molar-refractivity contribution in [3.63, 3.8) is 0 Å². The van der Waals surface area contributed by atoms with Crippen molar-refractivity contribution >= 4 is 0 Å². The van der Waals surface area contributed by atoms with Crippen molar-refractivity contribution in [3.05, 3.63) is 71.7 Å². The first kappa shape index (κ1) is 17.9. The van der Waals surface area contributed by atoms with Crippen LogP contribution in [0.3, 0.4) is 0 Å². The fourth-order valence-electron chi connectivity index (χ4n) is 3.49. The van der Waals surface area contributed by atoms with E-state index in [1.807, 2.05) is 29.1 Å². The highest BCUT2D eigenvalue weighted by molar-refractivity contribution is 5.63. The molecule has 0 amide bonds. The van der Waals surface area contributed by atoms with Crippen molar-refractivity contribution in [2.24, 2.45) is 0 Å². The van der Waals surface area contributed by atoms with Gasteiger partial charge in [-0.15, -0.1) is 0 Å². The molecule has 0 saturated carbocycles. The molecule has 140 valence electrons. The Bertz CT molecular complexity index is 915. The second-order valence-corrected chi connectivity index (χ2v) is 7.06. The molecule has 0 bridgehead atoms. The van der Waals surface area contributed by atoms with Crippen LogP contribution in [0, 0.1) is 12.7 Å². The lowest BCUT2D eigenvalue weighted by atomic mass is 10.1.